The Morgan fingerprint density at radius 2 is 1.83 bits per heavy atom. The molecule has 1 unspecified atom stereocenters. The molecular weight excluding hydrogens is 284 g/mol. The highest BCUT2D eigenvalue weighted by Gasteiger charge is 2.11. The standard InChI is InChI=1S/C20H24N2O/c1-4-22-19-8-6-5-7-16(19)17-11-15(9-10-20(17)22)12-21-18(13-23)14(2)3/h5-12,14,18,23H,4,13H2,1-3H3. The molecule has 0 bridgehead atoms. The van der Waals surface area contributed by atoms with Gasteiger partial charge in [0.05, 0.1) is 12.6 Å². The number of hydrogen-bond acceptors (Lipinski definition) is 2. The van der Waals surface area contributed by atoms with E-state index in [0.29, 0.717) is 5.92 Å². The van der Waals surface area contributed by atoms with Gasteiger partial charge in [-0.2, -0.15) is 0 Å². The highest BCUT2D eigenvalue weighted by atomic mass is 16.3. The number of fused-ring (bicyclic) bond motifs is 3. The fraction of sp³-hybridized carbons (Fsp3) is 0.350. The van der Waals surface area contributed by atoms with Crippen molar-refractivity contribution in [2.45, 2.75) is 33.4 Å². The van der Waals surface area contributed by atoms with Gasteiger partial charge in [-0.25, -0.2) is 0 Å². The van der Waals surface area contributed by atoms with Gasteiger partial charge < -0.3 is 9.67 Å². The van der Waals surface area contributed by atoms with E-state index in [2.05, 4.69) is 72.8 Å². The van der Waals surface area contributed by atoms with Gasteiger partial charge in [0.25, 0.3) is 0 Å². The van der Waals surface area contributed by atoms with Crippen molar-refractivity contribution in [2.75, 3.05) is 6.61 Å². The summed E-state index contributed by atoms with van der Waals surface area (Å²) in [7, 11) is 0. The van der Waals surface area contributed by atoms with Crippen molar-refractivity contribution in [1.82, 2.24) is 4.57 Å². The first-order valence-electron chi connectivity index (χ1n) is 8.30. The van der Waals surface area contributed by atoms with E-state index in [1.54, 1.807) is 0 Å². The van der Waals surface area contributed by atoms with Gasteiger partial charge in [-0.15, -0.1) is 0 Å². The Kier molecular flexibility index (Phi) is 4.49. The third-order valence-electron chi connectivity index (χ3n) is 4.48. The number of aryl methyl sites for hydroxylation is 1. The van der Waals surface area contributed by atoms with Crippen molar-refractivity contribution in [3.05, 3.63) is 48.0 Å². The molecule has 0 aliphatic heterocycles. The Labute approximate surface area is 137 Å². The summed E-state index contributed by atoms with van der Waals surface area (Å²) in [5.74, 6) is 0.335. The molecule has 1 heterocycles. The molecule has 23 heavy (non-hydrogen) atoms. The Morgan fingerprint density at radius 3 is 2.52 bits per heavy atom. The molecule has 0 amide bonds. The molecule has 1 N–H and O–H groups in total. The van der Waals surface area contributed by atoms with Gasteiger partial charge in [-0.1, -0.05) is 38.1 Å². The maximum atomic E-state index is 9.41. The summed E-state index contributed by atoms with van der Waals surface area (Å²) in [5, 5.41) is 11.9. The molecule has 3 nitrogen and oxygen atoms in total. The summed E-state index contributed by atoms with van der Waals surface area (Å²) in [4.78, 5) is 4.54. The van der Waals surface area contributed by atoms with Crippen molar-refractivity contribution in [1.29, 1.82) is 0 Å². The van der Waals surface area contributed by atoms with Gasteiger partial charge in [0.2, 0.25) is 0 Å². The zero-order valence-electron chi connectivity index (χ0n) is 14.0. The molecule has 3 heteroatoms. The zero-order valence-corrected chi connectivity index (χ0v) is 14.0. The second-order valence-electron chi connectivity index (χ2n) is 6.31. The van der Waals surface area contributed by atoms with Gasteiger partial charge in [0.15, 0.2) is 0 Å². The Bertz CT molecular complexity index is 845. The van der Waals surface area contributed by atoms with Crippen LogP contribution in [0.4, 0.5) is 0 Å². The van der Waals surface area contributed by atoms with E-state index in [0.717, 1.165) is 12.1 Å². The van der Waals surface area contributed by atoms with E-state index in [9.17, 15) is 5.11 Å². The number of aliphatic hydroxyl groups is 1. The maximum Gasteiger partial charge on any atom is 0.0753 e. The minimum Gasteiger partial charge on any atom is -0.394 e. The van der Waals surface area contributed by atoms with Gasteiger partial charge >= 0.3 is 0 Å². The lowest BCUT2D eigenvalue weighted by Crippen LogP contribution is -2.17. The van der Waals surface area contributed by atoms with Crippen molar-refractivity contribution < 1.29 is 5.11 Å². The van der Waals surface area contributed by atoms with Gasteiger partial charge in [-0.3, -0.25) is 4.99 Å². The van der Waals surface area contributed by atoms with Crippen LogP contribution >= 0.6 is 0 Å². The Hall–Kier alpha value is -2.13. The number of hydrogen-bond donors (Lipinski definition) is 1. The molecular formula is C20H24N2O. The topological polar surface area (TPSA) is 37.5 Å². The smallest absolute Gasteiger partial charge is 0.0753 e. The van der Waals surface area contributed by atoms with E-state index in [1.165, 1.54) is 21.8 Å². The second-order valence-corrected chi connectivity index (χ2v) is 6.31. The van der Waals surface area contributed by atoms with E-state index >= 15 is 0 Å². The highest BCUT2D eigenvalue weighted by Crippen LogP contribution is 2.29. The predicted octanol–water partition coefficient (Wildman–Crippen LogP) is 4.25. The van der Waals surface area contributed by atoms with Crippen LogP contribution in [-0.2, 0) is 6.54 Å². The predicted molar refractivity (Wildman–Crippen MR) is 98.4 cm³/mol. The SMILES string of the molecule is CCn1c2ccccc2c2cc(C=NC(CO)C(C)C)ccc21. The number of aromatic nitrogens is 1. The fourth-order valence-corrected chi connectivity index (χ4v) is 3.10. The van der Waals surface area contributed by atoms with Crippen LogP contribution in [-0.4, -0.2) is 28.5 Å². The van der Waals surface area contributed by atoms with Gasteiger partial charge in [-0.05, 0) is 36.6 Å². The van der Waals surface area contributed by atoms with Crippen LogP contribution in [0, 0.1) is 5.92 Å². The average molecular weight is 308 g/mol. The molecule has 0 aliphatic rings. The van der Waals surface area contributed by atoms with Crippen LogP contribution < -0.4 is 0 Å². The molecule has 0 aliphatic carbocycles. The third kappa shape index (κ3) is 2.89. The Balaban J connectivity index is 2.09. The molecule has 0 fully saturated rings. The first-order chi connectivity index (χ1) is 11.2. The summed E-state index contributed by atoms with van der Waals surface area (Å²) in [6.07, 6.45) is 1.89. The lowest BCUT2D eigenvalue weighted by molar-refractivity contribution is 0.240. The molecule has 1 atom stereocenters. The monoisotopic (exact) mass is 308 g/mol. The van der Waals surface area contributed by atoms with Crippen molar-refractivity contribution in [3.8, 4) is 0 Å². The van der Waals surface area contributed by atoms with Crippen LogP contribution in [0.15, 0.2) is 47.5 Å². The average Bonchev–Trinajstić information content (AvgIpc) is 2.88. The lowest BCUT2D eigenvalue weighted by Gasteiger charge is -2.12. The lowest BCUT2D eigenvalue weighted by atomic mass is 10.1. The van der Waals surface area contributed by atoms with E-state index in [4.69, 9.17) is 0 Å². The molecule has 0 radical (unpaired) electrons. The number of aliphatic imine (C=N–C) groups is 1. The minimum absolute atomic E-state index is 0.0392. The fourth-order valence-electron chi connectivity index (χ4n) is 3.10. The van der Waals surface area contributed by atoms with Crippen LogP contribution in [0.25, 0.3) is 21.8 Å². The van der Waals surface area contributed by atoms with E-state index in [-0.39, 0.29) is 12.6 Å². The molecule has 3 rings (SSSR count). The van der Waals surface area contributed by atoms with E-state index in [1.807, 2.05) is 6.21 Å². The van der Waals surface area contributed by atoms with Gasteiger partial charge in [0.1, 0.15) is 0 Å². The molecule has 2 aromatic carbocycles. The number of benzene rings is 2. The normalized spacial score (nSPS) is 13.6. The molecule has 0 spiro atoms. The minimum atomic E-state index is -0.0392. The number of aliphatic hydroxyl groups excluding tert-OH is 1. The largest absolute Gasteiger partial charge is 0.394 e. The number of rotatable bonds is 5. The quantitative estimate of drug-likeness (QED) is 0.703. The highest BCUT2D eigenvalue weighted by molar-refractivity contribution is 6.09. The molecule has 1 aromatic heterocycles. The van der Waals surface area contributed by atoms with Crippen molar-refractivity contribution in [2.24, 2.45) is 10.9 Å². The summed E-state index contributed by atoms with van der Waals surface area (Å²) < 4.78 is 2.34. The van der Waals surface area contributed by atoms with Crippen molar-refractivity contribution >= 4 is 28.0 Å². The zero-order chi connectivity index (χ0) is 16.4. The number of para-hydroxylation sites is 1. The summed E-state index contributed by atoms with van der Waals surface area (Å²) in [6, 6.07) is 15.0. The molecule has 3 aromatic rings. The Morgan fingerprint density at radius 1 is 1.09 bits per heavy atom. The van der Waals surface area contributed by atoms with Crippen LogP contribution in [0.5, 0.6) is 0 Å². The first kappa shape index (κ1) is 15.8. The third-order valence-corrected chi connectivity index (χ3v) is 4.48. The summed E-state index contributed by atoms with van der Waals surface area (Å²) in [5.41, 5.74) is 3.61. The summed E-state index contributed by atoms with van der Waals surface area (Å²) >= 11 is 0. The van der Waals surface area contributed by atoms with Crippen LogP contribution in [0.2, 0.25) is 0 Å². The molecule has 0 saturated carbocycles. The second kappa shape index (κ2) is 6.55. The summed E-state index contributed by atoms with van der Waals surface area (Å²) in [6.45, 7) is 7.38. The number of nitrogens with zero attached hydrogens (tertiary/aromatic N) is 2. The maximum absolute atomic E-state index is 9.41. The first-order valence-corrected chi connectivity index (χ1v) is 8.30. The van der Waals surface area contributed by atoms with Crippen molar-refractivity contribution in [3.63, 3.8) is 0 Å². The molecule has 0 saturated heterocycles. The van der Waals surface area contributed by atoms with Crippen LogP contribution in [0.1, 0.15) is 26.3 Å². The van der Waals surface area contributed by atoms with Crippen LogP contribution in [0.3, 0.4) is 0 Å². The molecule has 120 valence electrons. The van der Waals surface area contributed by atoms with E-state index < -0.39 is 0 Å². The van der Waals surface area contributed by atoms with Gasteiger partial charge in [0, 0.05) is 34.6 Å².